The second kappa shape index (κ2) is 6.40. The predicted octanol–water partition coefficient (Wildman–Crippen LogP) is 3.63. The van der Waals surface area contributed by atoms with Gasteiger partial charge in [0.1, 0.15) is 0 Å². The number of amides is 1. The summed E-state index contributed by atoms with van der Waals surface area (Å²) in [7, 11) is 0. The van der Waals surface area contributed by atoms with Crippen LogP contribution in [0.1, 0.15) is 5.56 Å². The molecule has 0 spiro atoms. The van der Waals surface area contributed by atoms with E-state index >= 15 is 0 Å². The molecule has 0 heterocycles. The zero-order valence-electron chi connectivity index (χ0n) is 10.4. The zero-order chi connectivity index (χ0) is 13.5. The number of rotatable bonds is 4. The first-order chi connectivity index (χ1) is 9.25. The molecular formula is C16H15NO2. The molecule has 3 nitrogen and oxygen atoms in total. The lowest BCUT2D eigenvalue weighted by Crippen LogP contribution is -2.20. The molecule has 0 atom stereocenters. The average molecular weight is 253 g/mol. The van der Waals surface area contributed by atoms with Gasteiger partial charge >= 0.3 is 6.09 Å². The van der Waals surface area contributed by atoms with Gasteiger partial charge in [-0.2, -0.15) is 0 Å². The molecule has 3 heteroatoms. The van der Waals surface area contributed by atoms with Gasteiger partial charge < -0.3 is 10.4 Å². The first-order valence-corrected chi connectivity index (χ1v) is 6.04. The van der Waals surface area contributed by atoms with Crippen LogP contribution >= 0.6 is 0 Å². The standard InChI is InChI=1S/C16H15NO2/c18-16(19)17-12-4-5-13-8-10-15(11-9-13)14-6-2-1-3-7-14/h1-11,17H,12H2,(H,18,19)/b5-4+. The summed E-state index contributed by atoms with van der Waals surface area (Å²) in [6.45, 7) is 0.315. The van der Waals surface area contributed by atoms with Crippen LogP contribution in [-0.2, 0) is 0 Å². The molecule has 2 aromatic rings. The fraction of sp³-hybridized carbons (Fsp3) is 0.0625. The van der Waals surface area contributed by atoms with Gasteiger partial charge in [-0.3, -0.25) is 0 Å². The van der Waals surface area contributed by atoms with Crippen molar-refractivity contribution in [1.82, 2.24) is 5.32 Å². The molecule has 0 aliphatic rings. The molecule has 0 fully saturated rings. The smallest absolute Gasteiger partial charge is 0.404 e. The van der Waals surface area contributed by atoms with Crippen LogP contribution < -0.4 is 5.32 Å². The van der Waals surface area contributed by atoms with Gasteiger partial charge in [0, 0.05) is 6.54 Å². The largest absolute Gasteiger partial charge is 0.465 e. The van der Waals surface area contributed by atoms with Crippen molar-refractivity contribution in [3.05, 3.63) is 66.2 Å². The number of hydrogen-bond acceptors (Lipinski definition) is 1. The van der Waals surface area contributed by atoms with Crippen LogP contribution in [0.15, 0.2) is 60.7 Å². The molecule has 2 aromatic carbocycles. The van der Waals surface area contributed by atoms with Gasteiger partial charge in [0.2, 0.25) is 0 Å². The number of carbonyl (C=O) groups is 1. The minimum Gasteiger partial charge on any atom is -0.465 e. The third kappa shape index (κ3) is 4.00. The van der Waals surface area contributed by atoms with Gasteiger partial charge in [-0.15, -0.1) is 0 Å². The third-order valence-electron chi connectivity index (χ3n) is 2.70. The lowest BCUT2D eigenvalue weighted by molar-refractivity contribution is 0.195. The summed E-state index contributed by atoms with van der Waals surface area (Å²) >= 11 is 0. The van der Waals surface area contributed by atoms with E-state index in [2.05, 4.69) is 29.6 Å². The van der Waals surface area contributed by atoms with Crippen molar-refractivity contribution in [2.24, 2.45) is 0 Å². The van der Waals surface area contributed by atoms with E-state index < -0.39 is 6.09 Å². The average Bonchev–Trinajstić information content (AvgIpc) is 2.45. The van der Waals surface area contributed by atoms with Crippen molar-refractivity contribution in [3.8, 4) is 11.1 Å². The number of benzene rings is 2. The van der Waals surface area contributed by atoms with Gasteiger partial charge in [-0.25, -0.2) is 4.79 Å². The summed E-state index contributed by atoms with van der Waals surface area (Å²) < 4.78 is 0. The summed E-state index contributed by atoms with van der Waals surface area (Å²) in [5.41, 5.74) is 3.40. The summed E-state index contributed by atoms with van der Waals surface area (Å²) in [6.07, 6.45) is 2.67. The second-order valence-corrected chi connectivity index (χ2v) is 4.08. The lowest BCUT2D eigenvalue weighted by Gasteiger charge is -2.01. The maximum absolute atomic E-state index is 10.3. The minimum absolute atomic E-state index is 0.315. The number of hydrogen-bond donors (Lipinski definition) is 2. The molecule has 0 aliphatic carbocycles. The van der Waals surface area contributed by atoms with Gasteiger partial charge in [0.15, 0.2) is 0 Å². The Bertz CT molecular complexity index is 559. The maximum atomic E-state index is 10.3. The molecule has 96 valence electrons. The van der Waals surface area contributed by atoms with E-state index in [-0.39, 0.29) is 0 Å². The molecule has 0 radical (unpaired) electrons. The van der Waals surface area contributed by atoms with E-state index in [1.807, 2.05) is 36.4 Å². The van der Waals surface area contributed by atoms with Gasteiger partial charge in [-0.05, 0) is 16.7 Å². The van der Waals surface area contributed by atoms with Crippen molar-refractivity contribution >= 4 is 12.2 Å². The molecule has 1 amide bonds. The molecule has 0 aromatic heterocycles. The number of nitrogens with one attached hydrogen (secondary N) is 1. The quantitative estimate of drug-likeness (QED) is 0.874. The van der Waals surface area contributed by atoms with E-state index in [0.29, 0.717) is 6.54 Å². The first-order valence-electron chi connectivity index (χ1n) is 6.04. The SMILES string of the molecule is O=C(O)NC/C=C/c1ccc(-c2ccccc2)cc1. The van der Waals surface area contributed by atoms with Crippen LogP contribution in [0.3, 0.4) is 0 Å². The first kappa shape index (κ1) is 12.9. The van der Waals surface area contributed by atoms with E-state index in [0.717, 1.165) is 5.56 Å². The normalized spacial score (nSPS) is 10.5. The molecule has 0 bridgehead atoms. The molecular weight excluding hydrogens is 238 g/mol. The van der Waals surface area contributed by atoms with Crippen molar-refractivity contribution in [2.45, 2.75) is 0 Å². The Morgan fingerprint density at radius 1 is 1.00 bits per heavy atom. The Hall–Kier alpha value is -2.55. The lowest BCUT2D eigenvalue weighted by atomic mass is 10.0. The van der Waals surface area contributed by atoms with Crippen LogP contribution in [0.5, 0.6) is 0 Å². The highest BCUT2D eigenvalue weighted by atomic mass is 16.4. The van der Waals surface area contributed by atoms with Crippen molar-refractivity contribution in [1.29, 1.82) is 0 Å². The Balaban J connectivity index is 2.01. The van der Waals surface area contributed by atoms with Gasteiger partial charge in [0.25, 0.3) is 0 Å². The summed E-state index contributed by atoms with van der Waals surface area (Å²) in [5.74, 6) is 0. The maximum Gasteiger partial charge on any atom is 0.404 e. The Labute approximate surface area is 112 Å². The van der Waals surface area contributed by atoms with Gasteiger partial charge in [-0.1, -0.05) is 66.7 Å². The van der Waals surface area contributed by atoms with Gasteiger partial charge in [0.05, 0.1) is 0 Å². The summed E-state index contributed by atoms with van der Waals surface area (Å²) in [6, 6.07) is 18.3. The monoisotopic (exact) mass is 253 g/mol. The third-order valence-corrected chi connectivity index (χ3v) is 2.70. The Kier molecular flexibility index (Phi) is 4.34. The van der Waals surface area contributed by atoms with Crippen LogP contribution in [0.4, 0.5) is 4.79 Å². The van der Waals surface area contributed by atoms with Crippen LogP contribution in [-0.4, -0.2) is 17.7 Å². The second-order valence-electron chi connectivity index (χ2n) is 4.08. The van der Waals surface area contributed by atoms with Crippen molar-refractivity contribution < 1.29 is 9.90 Å². The molecule has 0 saturated heterocycles. The molecule has 2 rings (SSSR count). The molecule has 0 aliphatic heterocycles. The Morgan fingerprint density at radius 3 is 2.26 bits per heavy atom. The van der Waals surface area contributed by atoms with E-state index in [1.54, 1.807) is 6.08 Å². The Morgan fingerprint density at radius 2 is 1.63 bits per heavy atom. The van der Waals surface area contributed by atoms with Crippen LogP contribution in [0, 0.1) is 0 Å². The van der Waals surface area contributed by atoms with E-state index in [9.17, 15) is 4.79 Å². The fourth-order valence-electron chi connectivity index (χ4n) is 1.76. The number of carboxylic acid groups (broad SMARTS) is 1. The van der Waals surface area contributed by atoms with Crippen LogP contribution in [0.2, 0.25) is 0 Å². The minimum atomic E-state index is -1.01. The molecule has 2 N–H and O–H groups in total. The molecule has 19 heavy (non-hydrogen) atoms. The van der Waals surface area contributed by atoms with Crippen molar-refractivity contribution in [2.75, 3.05) is 6.54 Å². The van der Waals surface area contributed by atoms with Crippen LogP contribution in [0.25, 0.3) is 17.2 Å². The zero-order valence-corrected chi connectivity index (χ0v) is 10.4. The topological polar surface area (TPSA) is 49.3 Å². The van der Waals surface area contributed by atoms with E-state index in [1.165, 1.54) is 11.1 Å². The predicted molar refractivity (Wildman–Crippen MR) is 76.9 cm³/mol. The highest BCUT2D eigenvalue weighted by Gasteiger charge is 1.95. The molecule has 0 unspecified atom stereocenters. The molecule has 0 saturated carbocycles. The summed E-state index contributed by atoms with van der Waals surface area (Å²) in [4.78, 5) is 10.3. The van der Waals surface area contributed by atoms with E-state index in [4.69, 9.17) is 5.11 Å². The highest BCUT2D eigenvalue weighted by molar-refractivity contribution is 5.66. The van der Waals surface area contributed by atoms with Crippen molar-refractivity contribution in [3.63, 3.8) is 0 Å². The fourth-order valence-corrected chi connectivity index (χ4v) is 1.76. The highest BCUT2D eigenvalue weighted by Crippen LogP contribution is 2.19. The summed E-state index contributed by atoms with van der Waals surface area (Å²) in [5, 5.41) is 10.7.